The quantitative estimate of drug-likeness (QED) is 0.569. The van der Waals surface area contributed by atoms with Crippen LogP contribution in [0.25, 0.3) is 0 Å². The van der Waals surface area contributed by atoms with E-state index >= 15 is 0 Å². The summed E-state index contributed by atoms with van der Waals surface area (Å²) in [6.45, 7) is 0.475. The van der Waals surface area contributed by atoms with Crippen LogP contribution in [0.4, 0.5) is 5.69 Å². The molecule has 1 aliphatic heterocycles. The van der Waals surface area contributed by atoms with Crippen LogP contribution in [-0.2, 0) is 22.6 Å². The molecule has 2 aromatic carbocycles. The highest BCUT2D eigenvalue weighted by atomic mass is 32.1. The highest BCUT2D eigenvalue weighted by Crippen LogP contribution is 2.44. The van der Waals surface area contributed by atoms with Crippen molar-refractivity contribution >= 4 is 23.0 Å². The number of carbonyl (C=O) groups excluding carboxylic acids is 1. The molecule has 0 amide bonds. The van der Waals surface area contributed by atoms with Crippen molar-refractivity contribution in [2.75, 3.05) is 12.4 Å². The van der Waals surface area contributed by atoms with Gasteiger partial charge in [-0.3, -0.25) is 4.79 Å². The normalized spacial score (nSPS) is 18.6. The first-order valence-corrected chi connectivity index (χ1v) is 10.4. The van der Waals surface area contributed by atoms with E-state index in [1.165, 1.54) is 7.11 Å². The summed E-state index contributed by atoms with van der Waals surface area (Å²) in [4.78, 5) is 12.1. The molecule has 0 spiro atoms. The summed E-state index contributed by atoms with van der Waals surface area (Å²) in [5.74, 6) is -0.0887. The van der Waals surface area contributed by atoms with Crippen LogP contribution in [0.1, 0.15) is 29.0 Å². The molecule has 0 radical (unpaired) electrons. The maximum atomic E-state index is 12.1. The first kappa shape index (κ1) is 19.5. The van der Waals surface area contributed by atoms with Crippen molar-refractivity contribution in [3.63, 3.8) is 0 Å². The number of anilines is 1. The molecule has 6 heteroatoms. The van der Waals surface area contributed by atoms with Crippen molar-refractivity contribution in [2.24, 2.45) is 0 Å². The average molecular weight is 410 g/mol. The van der Waals surface area contributed by atoms with Crippen LogP contribution >= 0.6 is 11.3 Å². The fourth-order valence-electron chi connectivity index (χ4n) is 3.79. The predicted molar refractivity (Wildman–Crippen MR) is 113 cm³/mol. The van der Waals surface area contributed by atoms with Gasteiger partial charge in [-0.1, -0.05) is 36.4 Å². The minimum atomic E-state index is -1.32. The van der Waals surface area contributed by atoms with Crippen molar-refractivity contribution < 1.29 is 19.4 Å². The number of ether oxygens (including phenoxy) is 2. The van der Waals surface area contributed by atoms with E-state index in [-0.39, 0.29) is 12.4 Å². The van der Waals surface area contributed by atoms with Gasteiger partial charge in [-0.15, -0.1) is 0 Å². The second-order valence-electron chi connectivity index (χ2n) is 7.17. The van der Waals surface area contributed by atoms with Crippen molar-refractivity contribution in [2.45, 2.75) is 31.1 Å². The molecule has 4 rings (SSSR count). The summed E-state index contributed by atoms with van der Waals surface area (Å²) >= 11 is 1.63. The second-order valence-corrected chi connectivity index (χ2v) is 7.95. The first-order chi connectivity index (χ1) is 14.1. The zero-order valence-electron chi connectivity index (χ0n) is 16.1. The third kappa shape index (κ3) is 4.13. The van der Waals surface area contributed by atoms with Crippen LogP contribution in [0.3, 0.4) is 0 Å². The molecule has 2 unspecified atom stereocenters. The van der Waals surface area contributed by atoms with Gasteiger partial charge in [0.05, 0.1) is 13.5 Å². The van der Waals surface area contributed by atoms with Gasteiger partial charge in [-0.2, -0.15) is 11.3 Å². The van der Waals surface area contributed by atoms with Crippen molar-refractivity contribution in [1.82, 2.24) is 0 Å². The minimum absolute atomic E-state index is 0.0725. The number of methoxy groups -OCH3 is 1. The molecule has 0 bridgehead atoms. The number of carbonyl (C=O) groups is 1. The van der Waals surface area contributed by atoms with E-state index in [0.29, 0.717) is 13.0 Å². The Morgan fingerprint density at radius 2 is 2.03 bits per heavy atom. The van der Waals surface area contributed by atoms with Crippen LogP contribution in [0.5, 0.6) is 5.75 Å². The van der Waals surface area contributed by atoms with Gasteiger partial charge in [-0.25, -0.2) is 0 Å². The van der Waals surface area contributed by atoms with Crippen LogP contribution in [0.15, 0.2) is 65.4 Å². The maximum Gasteiger partial charge on any atom is 0.306 e. The summed E-state index contributed by atoms with van der Waals surface area (Å²) in [5, 5.41) is 18.9. The van der Waals surface area contributed by atoms with E-state index in [2.05, 4.69) is 10.7 Å². The lowest BCUT2D eigenvalue weighted by molar-refractivity contribution is -0.142. The van der Waals surface area contributed by atoms with Gasteiger partial charge in [0, 0.05) is 23.6 Å². The fraction of sp³-hybridized carbons (Fsp3) is 0.261. The molecule has 0 fully saturated rings. The summed E-state index contributed by atoms with van der Waals surface area (Å²) in [7, 11) is 1.36. The fourth-order valence-corrected chi connectivity index (χ4v) is 4.44. The predicted octanol–water partition coefficient (Wildman–Crippen LogP) is 4.33. The summed E-state index contributed by atoms with van der Waals surface area (Å²) in [6, 6.07) is 17.3. The maximum absolute atomic E-state index is 12.1. The number of aliphatic hydroxyl groups is 1. The van der Waals surface area contributed by atoms with E-state index in [1.54, 1.807) is 11.3 Å². The molecule has 0 saturated carbocycles. The average Bonchev–Trinajstić information content (AvgIpc) is 3.38. The van der Waals surface area contributed by atoms with E-state index in [1.807, 2.05) is 60.0 Å². The van der Waals surface area contributed by atoms with Crippen LogP contribution < -0.4 is 10.1 Å². The summed E-state index contributed by atoms with van der Waals surface area (Å²) in [5.41, 5.74) is 2.40. The Morgan fingerprint density at radius 1 is 1.21 bits per heavy atom. The summed E-state index contributed by atoms with van der Waals surface area (Å²) < 4.78 is 10.9. The Labute approximate surface area is 173 Å². The first-order valence-electron chi connectivity index (χ1n) is 9.47. The molecule has 2 N–H and O–H groups in total. The molecule has 1 aromatic heterocycles. The highest BCUT2D eigenvalue weighted by molar-refractivity contribution is 7.07. The van der Waals surface area contributed by atoms with E-state index in [9.17, 15) is 9.90 Å². The Balaban J connectivity index is 1.61. The Kier molecular flexibility index (Phi) is 5.56. The SMILES string of the molecule is COC(=O)CC(c1ccccc1)C1(O)Cc2c(cccc2OCc2ccsc2)N1. The van der Waals surface area contributed by atoms with Crippen LogP contribution in [0, 0.1) is 0 Å². The van der Waals surface area contributed by atoms with E-state index in [4.69, 9.17) is 9.47 Å². The molecule has 0 saturated heterocycles. The van der Waals surface area contributed by atoms with Gasteiger partial charge in [0.15, 0.2) is 0 Å². The van der Waals surface area contributed by atoms with Crippen molar-refractivity contribution in [3.8, 4) is 5.75 Å². The van der Waals surface area contributed by atoms with Gasteiger partial charge >= 0.3 is 5.97 Å². The number of thiophene rings is 1. The van der Waals surface area contributed by atoms with E-state index in [0.717, 1.165) is 28.1 Å². The third-order valence-electron chi connectivity index (χ3n) is 5.28. The van der Waals surface area contributed by atoms with Gasteiger partial charge in [0.25, 0.3) is 0 Å². The third-order valence-corrected chi connectivity index (χ3v) is 6.01. The van der Waals surface area contributed by atoms with Crippen LogP contribution in [-0.4, -0.2) is 23.9 Å². The van der Waals surface area contributed by atoms with Gasteiger partial charge in [0.1, 0.15) is 18.1 Å². The zero-order chi connectivity index (χ0) is 20.3. The lowest BCUT2D eigenvalue weighted by Gasteiger charge is -2.33. The van der Waals surface area contributed by atoms with Gasteiger partial charge in [-0.05, 0) is 40.1 Å². The minimum Gasteiger partial charge on any atom is -0.489 e. The largest absolute Gasteiger partial charge is 0.489 e. The smallest absolute Gasteiger partial charge is 0.306 e. The molecule has 150 valence electrons. The molecule has 2 heterocycles. The van der Waals surface area contributed by atoms with Crippen molar-refractivity contribution in [1.29, 1.82) is 0 Å². The zero-order valence-corrected chi connectivity index (χ0v) is 16.9. The molecule has 29 heavy (non-hydrogen) atoms. The lowest BCUT2D eigenvalue weighted by atomic mass is 9.83. The number of hydrogen-bond donors (Lipinski definition) is 2. The number of hydrogen-bond acceptors (Lipinski definition) is 6. The Bertz CT molecular complexity index is 974. The van der Waals surface area contributed by atoms with Crippen LogP contribution in [0.2, 0.25) is 0 Å². The molecule has 2 atom stereocenters. The number of esters is 1. The van der Waals surface area contributed by atoms with E-state index < -0.39 is 11.6 Å². The number of rotatable bonds is 7. The lowest BCUT2D eigenvalue weighted by Crippen LogP contribution is -2.43. The molecule has 5 nitrogen and oxygen atoms in total. The number of benzene rings is 2. The summed E-state index contributed by atoms with van der Waals surface area (Å²) in [6.07, 6.45) is 0.405. The molecule has 1 aliphatic rings. The number of fused-ring (bicyclic) bond motifs is 1. The van der Waals surface area contributed by atoms with Gasteiger partial charge < -0.3 is 19.9 Å². The molecule has 0 aliphatic carbocycles. The topological polar surface area (TPSA) is 67.8 Å². The van der Waals surface area contributed by atoms with Crippen molar-refractivity contribution in [3.05, 3.63) is 82.0 Å². The Hall–Kier alpha value is -2.83. The highest BCUT2D eigenvalue weighted by Gasteiger charge is 2.44. The monoisotopic (exact) mass is 409 g/mol. The Morgan fingerprint density at radius 3 is 2.76 bits per heavy atom. The number of nitrogens with one attached hydrogen (secondary N) is 1. The van der Waals surface area contributed by atoms with Gasteiger partial charge in [0.2, 0.25) is 0 Å². The molecular formula is C23H23NO4S. The molecular weight excluding hydrogens is 386 g/mol. The molecule has 3 aromatic rings. The second kappa shape index (κ2) is 8.27. The standard InChI is InChI=1S/C23H23NO4S/c1-27-22(25)12-19(17-6-3-2-4-7-17)23(26)13-18-20(24-23)8-5-9-21(18)28-14-16-10-11-29-15-16/h2-11,15,19,24,26H,12-14H2,1H3.